The molecule has 0 radical (unpaired) electrons. The number of carbonyl (C=O) groups is 2. The largest absolute Gasteiger partial charge is 0.420 e. The minimum absolute atomic E-state index is 0.268. The lowest BCUT2D eigenvalue weighted by Crippen LogP contribution is -2.12. The van der Waals surface area contributed by atoms with E-state index < -0.39 is 18.2 Å². The van der Waals surface area contributed by atoms with Crippen LogP contribution < -0.4 is 0 Å². The summed E-state index contributed by atoms with van der Waals surface area (Å²) in [5.74, 6) is -1.37. The van der Waals surface area contributed by atoms with Crippen molar-refractivity contribution in [2.75, 3.05) is 5.88 Å². The normalized spacial score (nSPS) is 18.2. The Balaban J connectivity index is 2.25. The van der Waals surface area contributed by atoms with Crippen molar-refractivity contribution < 1.29 is 19.1 Å². The van der Waals surface area contributed by atoms with Gasteiger partial charge in [0.05, 0.1) is 5.56 Å². The van der Waals surface area contributed by atoms with Gasteiger partial charge in [-0.05, 0) is 6.07 Å². The lowest BCUT2D eigenvalue weighted by molar-refractivity contribution is -0.164. The smallest absolute Gasteiger partial charge is 0.342 e. The van der Waals surface area contributed by atoms with Crippen LogP contribution in [0, 0.1) is 0 Å². The van der Waals surface area contributed by atoms with Crippen LogP contribution >= 0.6 is 11.6 Å². The zero-order valence-corrected chi connectivity index (χ0v) is 8.36. The molecule has 1 aliphatic heterocycles. The van der Waals surface area contributed by atoms with Crippen molar-refractivity contribution in [2.24, 2.45) is 0 Å². The molecule has 0 fully saturated rings. The van der Waals surface area contributed by atoms with Crippen LogP contribution in [-0.2, 0) is 14.3 Å². The van der Waals surface area contributed by atoms with Gasteiger partial charge in [-0.2, -0.15) is 0 Å². The average molecular weight is 227 g/mol. The lowest BCUT2D eigenvalue weighted by Gasteiger charge is -2.10. The number of benzene rings is 1. The molecule has 0 amide bonds. The first kappa shape index (κ1) is 9.98. The number of cyclic esters (lactones) is 1. The molecule has 1 aromatic carbocycles. The van der Waals surface area contributed by atoms with Crippen LogP contribution in [0.3, 0.4) is 0 Å². The third kappa shape index (κ3) is 1.80. The maximum atomic E-state index is 11.3. The van der Waals surface area contributed by atoms with Crippen molar-refractivity contribution in [3.8, 4) is 0 Å². The molecule has 1 atom stereocenters. The van der Waals surface area contributed by atoms with E-state index in [9.17, 15) is 9.59 Å². The van der Waals surface area contributed by atoms with Crippen molar-refractivity contribution in [1.29, 1.82) is 0 Å². The topological polar surface area (TPSA) is 52.6 Å². The molecular formula is C10H7ClO4. The first-order valence-electron chi connectivity index (χ1n) is 4.27. The predicted octanol–water partition coefficient (Wildman–Crippen LogP) is 1.64. The van der Waals surface area contributed by atoms with Gasteiger partial charge in [0.2, 0.25) is 0 Å². The van der Waals surface area contributed by atoms with Crippen molar-refractivity contribution in [3.63, 3.8) is 0 Å². The highest BCUT2D eigenvalue weighted by Crippen LogP contribution is 2.31. The monoisotopic (exact) mass is 226 g/mol. The maximum Gasteiger partial charge on any atom is 0.342 e. The second kappa shape index (κ2) is 3.90. The van der Waals surface area contributed by atoms with Crippen LogP contribution in [-0.4, -0.2) is 17.8 Å². The minimum Gasteiger partial charge on any atom is -0.420 e. The Labute approximate surface area is 90.7 Å². The summed E-state index contributed by atoms with van der Waals surface area (Å²) in [4.78, 5) is 22.2. The molecule has 0 saturated heterocycles. The zero-order valence-electron chi connectivity index (χ0n) is 7.60. The van der Waals surface area contributed by atoms with Crippen molar-refractivity contribution in [1.82, 2.24) is 0 Å². The highest BCUT2D eigenvalue weighted by molar-refractivity contribution is 6.26. The number of ether oxygens (including phenoxy) is 2. The summed E-state index contributed by atoms with van der Waals surface area (Å²) in [6, 6.07) is 6.74. The number of esters is 2. The van der Waals surface area contributed by atoms with E-state index in [0.29, 0.717) is 11.1 Å². The number of alkyl halides is 1. The summed E-state index contributed by atoms with van der Waals surface area (Å²) in [6.07, 6.45) is -0.958. The van der Waals surface area contributed by atoms with Crippen LogP contribution in [0.1, 0.15) is 22.2 Å². The summed E-state index contributed by atoms with van der Waals surface area (Å²) in [7, 11) is 0. The molecule has 4 nitrogen and oxygen atoms in total. The highest BCUT2D eigenvalue weighted by atomic mass is 35.5. The van der Waals surface area contributed by atoms with E-state index in [4.69, 9.17) is 21.1 Å². The molecule has 0 aromatic heterocycles. The molecule has 2 rings (SSSR count). The molecular weight excluding hydrogens is 220 g/mol. The molecule has 1 aromatic rings. The van der Waals surface area contributed by atoms with Gasteiger partial charge in [-0.1, -0.05) is 18.2 Å². The van der Waals surface area contributed by atoms with Crippen LogP contribution in [0.5, 0.6) is 0 Å². The molecule has 15 heavy (non-hydrogen) atoms. The fourth-order valence-corrected chi connectivity index (χ4v) is 1.41. The van der Waals surface area contributed by atoms with Gasteiger partial charge in [0.25, 0.3) is 6.29 Å². The van der Waals surface area contributed by atoms with Crippen LogP contribution in [0.4, 0.5) is 0 Å². The minimum atomic E-state index is -0.958. The molecule has 0 aliphatic carbocycles. The number of halogens is 1. The zero-order chi connectivity index (χ0) is 10.8. The quantitative estimate of drug-likeness (QED) is 0.568. The summed E-state index contributed by atoms with van der Waals surface area (Å²) in [5, 5.41) is 0. The average Bonchev–Trinajstić information content (AvgIpc) is 2.57. The first-order valence-corrected chi connectivity index (χ1v) is 4.81. The van der Waals surface area contributed by atoms with Crippen molar-refractivity contribution in [3.05, 3.63) is 35.4 Å². The van der Waals surface area contributed by atoms with Crippen molar-refractivity contribution in [2.45, 2.75) is 6.29 Å². The molecule has 5 heteroatoms. The number of rotatable bonds is 2. The van der Waals surface area contributed by atoms with Crippen molar-refractivity contribution >= 4 is 23.5 Å². The number of fused-ring (bicyclic) bond motifs is 1. The molecule has 0 spiro atoms. The van der Waals surface area contributed by atoms with E-state index >= 15 is 0 Å². The third-order valence-electron chi connectivity index (χ3n) is 2.00. The Kier molecular flexibility index (Phi) is 2.60. The first-order chi connectivity index (χ1) is 7.22. The van der Waals surface area contributed by atoms with Gasteiger partial charge in [-0.3, -0.25) is 4.79 Å². The lowest BCUT2D eigenvalue weighted by atomic mass is 10.1. The number of hydrogen-bond donors (Lipinski definition) is 0. The Hall–Kier alpha value is -1.55. The SMILES string of the molecule is O=C(CCl)O[C@@H]1OC(=O)c2ccccc21. The maximum absolute atomic E-state index is 11.3. The van der Waals surface area contributed by atoms with Crippen LogP contribution in [0.15, 0.2) is 24.3 Å². The van der Waals surface area contributed by atoms with Crippen LogP contribution in [0.2, 0.25) is 0 Å². The Morgan fingerprint density at radius 2 is 2.20 bits per heavy atom. The summed E-state index contributed by atoms with van der Waals surface area (Å²) < 4.78 is 9.71. The number of hydrogen-bond acceptors (Lipinski definition) is 4. The third-order valence-corrected chi connectivity index (χ3v) is 2.21. The molecule has 1 aliphatic rings. The van der Waals surface area contributed by atoms with Crippen LogP contribution in [0.25, 0.3) is 0 Å². The Morgan fingerprint density at radius 3 is 2.93 bits per heavy atom. The van der Waals surface area contributed by atoms with Gasteiger partial charge in [-0.25, -0.2) is 4.79 Å². The van der Waals surface area contributed by atoms with E-state index in [1.54, 1.807) is 24.3 Å². The predicted molar refractivity (Wildman–Crippen MR) is 51.4 cm³/mol. The van der Waals surface area contributed by atoms with Gasteiger partial charge in [0.1, 0.15) is 5.88 Å². The molecule has 0 N–H and O–H groups in total. The Morgan fingerprint density at radius 1 is 1.47 bits per heavy atom. The Bertz CT molecular complexity index is 416. The van der Waals surface area contributed by atoms with E-state index in [1.807, 2.05) is 0 Å². The van der Waals surface area contributed by atoms with E-state index in [2.05, 4.69) is 0 Å². The fourth-order valence-electron chi connectivity index (χ4n) is 1.35. The molecule has 78 valence electrons. The van der Waals surface area contributed by atoms with Gasteiger partial charge in [0, 0.05) is 5.56 Å². The van der Waals surface area contributed by atoms with E-state index in [0.717, 1.165) is 0 Å². The van der Waals surface area contributed by atoms with E-state index in [-0.39, 0.29) is 5.88 Å². The fraction of sp³-hybridized carbons (Fsp3) is 0.200. The second-order valence-corrected chi connectivity index (χ2v) is 3.22. The summed E-state index contributed by atoms with van der Waals surface area (Å²) in [5.41, 5.74) is 0.978. The van der Waals surface area contributed by atoms with Gasteiger partial charge in [-0.15, -0.1) is 11.6 Å². The van der Waals surface area contributed by atoms with Gasteiger partial charge in [0.15, 0.2) is 0 Å². The second-order valence-electron chi connectivity index (χ2n) is 2.95. The molecule has 0 saturated carbocycles. The highest BCUT2D eigenvalue weighted by Gasteiger charge is 2.33. The number of carbonyl (C=O) groups excluding carboxylic acids is 2. The molecule has 0 unspecified atom stereocenters. The van der Waals surface area contributed by atoms with Gasteiger partial charge < -0.3 is 9.47 Å². The van der Waals surface area contributed by atoms with Gasteiger partial charge >= 0.3 is 11.9 Å². The summed E-state index contributed by atoms with van der Waals surface area (Å²) in [6.45, 7) is 0. The standard InChI is InChI=1S/C10H7ClO4/c11-5-8(12)14-10-7-4-2-1-3-6(7)9(13)15-10/h1-4,10H,5H2/t10-/m1/s1. The summed E-state index contributed by atoms with van der Waals surface area (Å²) >= 11 is 5.28. The molecule has 1 heterocycles. The van der Waals surface area contributed by atoms with E-state index in [1.165, 1.54) is 0 Å². The molecule has 0 bridgehead atoms.